The Labute approximate surface area is 151 Å². The van der Waals surface area contributed by atoms with Crippen molar-refractivity contribution in [2.75, 3.05) is 5.75 Å². The fourth-order valence-electron chi connectivity index (χ4n) is 3.56. The fourth-order valence-corrected chi connectivity index (χ4v) is 4.31. The van der Waals surface area contributed by atoms with Crippen LogP contribution in [-0.4, -0.2) is 31.9 Å². The number of nitrogens with zero attached hydrogens (tertiary/aromatic N) is 4. The highest BCUT2D eigenvalue weighted by atomic mass is 32.2. The lowest BCUT2D eigenvalue weighted by Gasteiger charge is -2.37. The van der Waals surface area contributed by atoms with E-state index in [-0.39, 0.29) is 17.4 Å². The number of amides is 1. The first-order chi connectivity index (χ1) is 12.0. The molecule has 2 aliphatic carbocycles. The monoisotopic (exact) mass is 357 g/mol. The number of hydrogen-bond donors (Lipinski definition) is 1. The molecular weight excluding hydrogens is 334 g/mol. The molecule has 1 amide bonds. The molecule has 1 unspecified atom stereocenters. The van der Waals surface area contributed by atoms with Gasteiger partial charge in [0, 0.05) is 0 Å². The van der Waals surface area contributed by atoms with Crippen molar-refractivity contribution < 1.29 is 4.79 Å². The highest BCUT2D eigenvalue weighted by Crippen LogP contribution is 2.41. The third-order valence-electron chi connectivity index (χ3n) is 5.15. The highest BCUT2D eigenvalue weighted by molar-refractivity contribution is 7.99. The molecular formula is C18H23N5OS. The van der Waals surface area contributed by atoms with Gasteiger partial charge in [0.15, 0.2) is 0 Å². The minimum atomic E-state index is 0.0369. The molecule has 1 N–H and O–H groups in total. The Hall–Kier alpha value is -1.89. The zero-order valence-electron chi connectivity index (χ0n) is 14.6. The van der Waals surface area contributed by atoms with Crippen molar-refractivity contribution >= 4 is 17.7 Å². The topological polar surface area (TPSA) is 72.7 Å². The Morgan fingerprint density at radius 2 is 2.12 bits per heavy atom. The summed E-state index contributed by atoms with van der Waals surface area (Å²) >= 11 is 1.41. The number of nitrogens with one attached hydrogen (secondary N) is 1. The van der Waals surface area contributed by atoms with Gasteiger partial charge in [-0.05, 0) is 52.7 Å². The summed E-state index contributed by atoms with van der Waals surface area (Å²) in [5.41, 5.74) is 2.76. The van der Waals surface area contributed by atoms with Crippen LogP contribution in [0.4, 0.5) is 0 Å². The van der Waals surface area contributed by atoms with Crippen molar-refractivity contribution in [2.24, 2.45) is 0 Å². The van der Waals surface area contributed by atoms with E-state index in [0.29, 0.717) is 11.8 Å². The standard InChI is InChI=1S/C18H23N5OS/c1-18(2)10-9-15(13-5-3-4-6-14(13)18)19-16(24)11-25-17-20-21-22-23(17)12-7-8-12/h3-6,12,15H,7-11H2,1-2H3,(H,19,24). The van der Waals surface area contributed by atoms with E-state index in [1.165, 1.54) is 22.9 Å². The van der Waals surface area contributed by atoms with Crippen molar-refractivity contribution in [3.05, 3.63) is 35.4 Å². The van der Waals surface area contributed by atoms with Crippen LogP contribution in [0.25, 0.3) is 0 Å². The fraction of sp³-hybridized carbons (Fsp3) is 0.556. The third kappa shape index (κ3) is 3.42. The summed E-state index contributed by atoms with van der Waals surface area (Å²) in [7, 11) is 0. The number of benzene rings is 1. The zero-order valence-corrected chi connectivity index (χ0v) is 15.4. The minimum absolute atomic E-state index is 0.0369. The Kier molecular flexibility index (Phi) is 4.27. The van der Waals surface area contributed by atoms with Gasteiger partial charge in [-0.3, -0.25) is 4.79 Å². The number of hydrogen-bond acceptors (Lipinski definition) is 5. The van der Waals surface area contributed by atoms with Crippen LogP contribution in [0.3, 0.4) is 0 Å². The molecule has 25 heavy (non-hydrogen) atoms. The average molecular weight is 357 g/mol. The predicted octanol–water partition coefficient (Wildman–Crippen LogP) is 3.03. The number of rotatable bonds is 5. The van der Waals surface area contributed by atoms with Crippen molar-refractivity contribution in [2.45, 2.75) is 62.2 Å². The SMILES string of the molecule is CC1(C)CCC(NC(=O)CSc2nnnn2C2CC2)c2ccccc21. The first-order valence-electron chi connectivity index (χ1n) is 8.84. The van der Waals surface area contributed by atoms with Crippen molar-refractivity contribution in [1.82, 2.24) is 25.5 Å². The molecule has 1 saturated carbocycles. The largest absolute Gasteiger partial charge is 0.349 e. The second kappa shape index (κ2) is 6.44. The molecule has 1 atom stereocenters. The van der Waals surface area contributed by atoms with Gasteiger partial charge in [0.25, 0.3) is 0 Å². The van der Waals surface area contributed by atoms with Crippen LogP contribution >= 0.6 is 11.8 Å². The van der Waals surface area contributed by atoms with Crippen LogP contribution < -0.4 is 5.32 Å². The molecule has 1 aromatic carbocycles. The van der Waals surface area contributed by atoms with E-state index in [4.69, 9.17) is 0 Å². The molecule has 0 radical (unpaired) electrons. The van der Waals surface area contributed by atoms with Crippen molar-refractivity contribution in [1.29, 1.82) is 0 Å². The maximum atomic E-state index is 12.5. The van der Waals surface area contributed by atoms with E-state index in [1.54, 1.807) is 0 Å². The first-order valence-corrected chi connectivity index (χ1v) is 9.82. The van der Waals surface area contributed by atoms with Crippen molar-refractivity contribution in [3.8, 4) is 0 Å². The second-order valence-electron chi connectivity index (χ2n) is 7.56. The van der Waals surface area contributed by atoms with Crippen LogP contribution in [0, 0.1) is 0 Å². The molecule has 0 aliphatic heterocycles. The van der Waals surface area contributed by atoms with Gasteiger partial charge in [-0.2, -0.15) is 0 Å². The predicted molar refractivity (Wildman–Crippen MR) is 96.4 cm³/mol. The second-order valence-corrected chi connectivity index (χ2v) is 8.50. The van der Waals surface area contributed by atoms with Gasteiger partial charge >= 0.3 is 0 Å². The highest BCUT2D eigenvalue weighted by Gasteiger charge is 2.33. The minimum Gasteiger partial charge on any atom is -0.349 e. The van der Waals surface area contributed by atoms with Crippen LogP contribution in [0.15, 0.2) is 29.4 Å². The van der Waals surface area contributed by atoms with Gasteiger partial charge in [-0.15, -0.1) is 5.10 Å². The Balaban J connectivity index is 1.40. The van der Waals surface area contributed by atoms with E-state index >= 15 is 0 Å². The van der Waals surface area contributed by atoms with Crippen LogP contribution in [0.2, 0.25) is 0 Å². The smallest absolute Gasteiger partial charge is 0.230 e. The summed E-state index contributed by atoms with van der Waals surface area (Å²) in [5.74, 6) is 0.379. The normalized spacial score (nSPS) is 21.6. The summed E-state index contributed by atoms with van der Waals surface area (Å²) in [4.78, 5) is 12.5. The van der Waals surface area contributed by atoms with Gasteiger partial charge in [0.1, 0.15) is 0 Å². The molecule has 132 valence electrons. The number of aromatic nitrogens is 4. The van der Waals surface area contributed by atoms with Crippen LogP contribution in [0.5, 0.6) is 0 Å². The average Bonchev–Trinajstić information content (AvgIpc) is 3.34. The van der Waals surface area contributed by atoms with E-state index < -0.39 is 0 Å². The summed E-state index contributed by atoms with van der Waals surface area (Å²) < 4.78 is 1.84. The molecule has 1 heterocycles. The number of fused-ring (bicyclic) bond motifs is 1. The van der Waals surface area contributed by atoms with Crippen LogP contribution in [-0.2, 0) is 10.2 Å². The molecule has 2 aliphatic rings. The number of carbonyl (C=O) groups is 1. The number of thioether (sulfide) groups is 1. The van der Waals surface area contributed by atoms with Gasteiger partial charge in [-0.1, -0.05) is 49.9 Å². The molecule has 0 spiro atoms. The van der Waals surface area contributed by atoms with Gasteiger partial charge in [0.2, 0.25) is 11.1 Å². The number of carbonyl (C=O) groups excluding carboxylic acids is 1. The molecule has 0 bridgehead atoms. The van der Waals surface area contributed by atoms with E-state index in [2.05, 4.69) is 59.0 Å². The van der Waals surface area contributed by atoms with Gasteiger partial charge in [-0.25, -0.2) is 4.68 Å². The number of tetrazole rings is 1. The van der Waals surface area contributed by atoms with Gasteiger partial charge in [0.05, 0.1) is 17.8 Å². The lowest BCUT2D eigenvalue weighted by molar-refractivity contribution is -0.119. The molecule has 1 aromatic heterocycles. The molecule has 0 saturated heterocycles. The Morgan fingerprint density at radius 3 is 2.92 bits per heavy atom. The first kappa shape index (κ1) is 16.6. The third-order valence-corrected chi connectivity index (χ3v) is 6.08. The van der Waals surface area contributed by atoms with E-state index in [1.807, 2.05) is 4.68 Å². The van der Waals surface area contributed by atoms with E-state index in [0.717, 1.165) is 30.8 Å². The molecule has 6 nitrogen and oxygen atoms in total. The lowest BCUT2D eigenvalue weighted by Crippen LogP contribution is -2.36. The summed E-state index contributed by atoms with van der Waals surface area (Å²) in [6, 6.07) is 8.98. The maximum absolute atomic E-state index is 12.5. The Bertz CT molecular complexity index is 783. The summed E-state index contributed by atoms with van der Waals surface area (Å²) in [6.07, 6.45) is 4.29. The molecule has 1 fully saturated rings. The molecule has 7 heteroatoms. The Morgan fingerprint density at radius 1 is 1.32 bits per heavy atom. The van der Waals surface area contributed by atoms with E-state index in [9.17, 15) is 4.79 Å². The van der Waals surface area contributed by atoms with Crippen molar-refractivity contribution in [3.63, 3.8) is 0 Å². The van der Waals surface area contributed by atoms with Crippen LogP contribution in [0.1, 0.15) is 62.7 Å². The molecule has 2 aromatic rings. The summed E-state index contributed by atoms with van der Waals surface area (Å²) in [6.45, 7) is 4.55. The quantitative estimate of drug-likeness (QED) is 0.833. The lowest BCUT2D eigenvalue weighted by atomic mass is 9.71. The zero-order chi connectivity index (χ0) is 17.4. The maximum Gasteiger partial charge on any atom is 0.230 e. The van der Waals surface area contributed by atoms with Gasteiger partial charge < -0.3 is 5.32 Å². The molecule has 4 rings (SSSR count). The summed E-state index contributed by atoms with van der Waals surface area (Å²) in [5, 5.41) is 15.7.